The van der Waals surface area contributed by atoms with Crippen LogP contribution in [0, 0.1) is 5.41 Å². The predicted octanol–water partition coefficient (Wildman–Crippen LogP) is 0.776. The quantitative estimate of drug-likeness (QED) is 0.839. The minimum atomic E-state index is -0.476. The number of carbonyl (C=O) groups is 2. The molecule has 2 unspecified atom stereocenters. The summed E-state index contributed by atoms with van der Waals surface area (Å²) in [5.41, 5.74) is 0.0500. The second kappa shape index (κ2) is 7.41. The number of phenolic OH excluding ortho intramolecular Hbond substituents is 1. The second-order valence-electron chi connectivity index (χ2n) is 6.86. The zero-order valence-electron chi connectivity index (χ0n) is 14.4. The summed E-state index contributed by atoms with van der Waals surface area (Å²) in [6.07, 6.45) is 0.486. The van der Waals surface area contributed by atoms with E-state index in [2.05, 4.69) is 5.32 Å². The normalized spacial score (nSPS) is 26.4. The molecule has 2 fully saturated rings. The Hall–Kier alpha value is -2.12. The van der Waals surface area contributed by atoms with Crippen LogP contribution in [0.5, 0.6) is 5.75 Å². The number of phenols is 1. The van der Waals surface area contributed by atoms with Crippen molar-refractivity contribution in [2.24, 2.45) is 5.41 Å². The molecule has 2 heterocycles. The van der Waals surface area contributed by atoms with Crippen molar-refractivity contribution in [1.29, 1.82) is 0 Å². The van der Waals surface area contributed by atoms with E-state index >= 15 is 0 Å². The van der Waals surface area contributed by atoms with Crippen molar-refractivity contribution in [2.75, 3.05) is 39.5 Å². The Morgan fingerprint density at radius 2 is 2.08 bits per heavy atom. The van der Waals surface area contributed by atoms with Gasteiger partial charge in [0.1, 0.15) is 5.75 Å². The molecule has 0 saturated carbocycles. The number of nitrogens with zero attached hydrogens (tertiary/aromatic N) is 1. The van der Waals surface area contributed by atoms with Crippen LogP contribution in [-0.4, -0.2) is 67.4 Å². The predicted molar refractivity (Wildman–Crippen MR) is 90.3 cm³/mol. The molecular formula is C18H24N2O5. The van der Waals surface area contributed by atoms with Crippen LogP contribution in [0.1, 0.15) is 23.7 Å². The zero-order valence-corrected chi connectivity index (χ0v) is 14.4. The summed E-state index contributed by atoms with van der Waals surface area (Å²) < 4.78 is 11.0. The van der Waals surface area contributed by atoms with Gasteiger partial charge < -0.3 is 24.8 Å². The molecule has 25 heavy (non-hydrogen) atoms. The highest BCUT2D eigenvalue weighted by Gasteiger charge is 2.37. The summed E-state index contributed by atoms with van der Waals surface area (Å²) in [6.45, 7) is 4.69. The third-order valence-corrected chi connectivity index (χ3v) is 4.80. The Bertz CT molecular complexity index is 625. The summed E-state index contributed by atoms with van der Waals surface area (Å²) in [6, 6.07) is 6.20. The van der Waals surface area contributed by atoms with Crippen LogP contribution in [0.15, 0.2) is 24.3 Å². The van der Waals surface area contributed by atoms with Gasteiger partial charge in [-0.15, -0.1) is 0 Å². The monoisotopic (exact) mass is 348 g/mol. The highest BCUT2D eigenvalue weighted by atomic mass is 16.5. The first-order valence-corrected chi connectivity index (χ1v) is 8.54. The van der Waals surface area contributed by atoms with Gasteiger partial charge in [0.25, 0.3) is 5.91 Å². The molecule has 3 rings (SSSR count). The number of rotatable bonds is 4. The van der Waals surface area contributed by atoms with E-state index in [0.29, 0.717) is 45.0 Å². The summed E-state index contributed by atoms with van der Waals surface area (Å²) in [5, 5.41) is 12.3. The van der Waals surface area contributed by atoms with Gasteiger partial charge in [0, 0.05) is 31.8 Å². The average molecular weight is 348 g/mol. The molecule has 0 bridgehead atoms. The van der Waals surface area contributed by atoms with Gasteiger partial charge in [-0.25, -0.2) is 0 Å². The lowest BCUT2D eigenvalue weighted by Crippen LogP contribution is -2.51. The Morgan fingerprint density at radius 3 is 2.76 bits per heavy atom. The Morgan fingerprint density at radius 1 is 1.32 bits per heavy atom. The van der Waals surface area contributed by atoms with Crippen molar-refractivity contribution in [1.82, 2.24) is 10.2 Å². The third kappa shape index (κ3) is 4.11. The summed E-state index contributed by atoms with van der Waals surface area (Å²) in [5.74, 6) is -0.00475. The summed E-state index contributed by atoms with van der Waals surface area (Å²) in [7, 11) is 0. The van der Waals surface area contributed by atoms with E-state index in [1.807, 2.05) is 6.92 Å². The number of morpholine rings is 1. The number of benzene rings is 1. The molecule has 0 aliphatic carbocycles. The maximum Gasteiger partial charge on any atom is 0.254 e. The zero-order chi connectivity index (χ0) is 17.9. The first kappa shape index (κ1) is 17.7. The molecule has 0 aromatic heterocycles. The molecule has 7 heteroatoms. The number of hydrogen-bond acceptors (Lipinski definition) is 5. The minimum Gasteiger partial charge on any atom is -0.508 e. The molecule has 2 N–H and O–H groups in total. The molecule has 1 aromatic rings. The van der Waals surface area contributed by atoms with Gasteiger partial charge in [-0.2, -0.15) is 0 Å². The largest absolute Gasteiger partial charge is 0.508 e. The van der Waals surface area contributed by atoms with Crippen molar-refractivity contribution in [2.45, 2.75) is 19.4 Å². The Balaban J connectivity index is 1.53. The summed E-state index contributed by atoms with van der Waals surface area (Å²) >= 11 is 0. The Kier molecular flexibility index (Phi) is 5.24. The van der Waals surface area contributed by atoms with Gasteiger partial charge in [-0.05, 0) is 37.6 Å². The van der Waals surface area contributed by atoms with E-state index in [1.165, 1.54) is 12.1 Å². The van der Waals surface area contributed by atoms with E-state index in [9.17, 15) is 14.7 Å². The van der Waals surface area contributed by atoms with E-state index in [0.717, 1.165) is 6.42 Å². The van der Waals surface area contributed by atoms with Crippen molar-refractivity contribution in [3.63, 3.8) is 0 Å². The minimum absolute atomic E-state index is 0.0319. The fourth-order valence-electron chi connectivity index (χ4n) is 3.08. The molecule has 1 aromatic carbocycles. The average Bonchev–Trinajstić information content (AvgIpc) is 3.08. The number of amides is 2. The number of carbonyl (C=O) groups excluding carboxylic acids is 2. The highest BCUT2D eigenvalue weighted by Crippen LogP contribution is 2.27. The number of ether oxygens (including phenoxy) is 2. The Labute approximate surface area is 146 Å². The number of aromatic hydroxyl groups is 1. The molecule has 136 valence electrons. The van der Waals surface area contributed by atoms with E-state index in [-0.39, 0.29) is 23.7 Å². The molecule has 2 aliphatic heterocycles. The van der Waals surface area contributed by atoms with Crippen LogP contribution in [0.2, 0.25) is 0 Å². The number of nitrogens with one attached hydrogen (secondary N) is 1. The molecule has 0 radical (unpaired) electrons. The van der Waals surface area contributed by atoms with Gasteiger partial charge in [0.05, 0.1) is 24.7 Å². The van der Waals surface area contributed by atoms with Crippen molar-refractivity contribution in [3.05, 3.63) is 29.8 Å². The van der Waals surface area contributed by atoms with Gasteiger partial charge in [0.15, 0.2) is 0 Å². The molecule has 7 nitrogen and oxygen atoms in total. The topological polar surface area (TPSA) is 88.1 Å². The van der Waals surface area contributed by atoms with Crippen LogP contribution in [0.4, 0.5) is 0 Å². The number of hydrogen-bond donors (Lipinski definition) is 2. The van der Waals surface area contributed by atoms with Crippen LogP contribution in [0.25, 0.3) is 0 Å². The van der Waals surface area contributed by atoms with Crippen molar-refractivity contribution in [3.8, 4) is 5.75 Å². The van der Waals surface area contributed by atoms with Gasteiger partial charge in [0.2, 0.25) is 5.91 Å². The fraction of sp³-hybridized carbons (Fsp3) is 0.556. The van der Waals surface area contributed by atoms with E-state index in [4.69, 9.17) is 9.47 Å². The SMILES string of the molecule is CC1(C(=O)NCC2CN(C(=O)c3ccc(O)cc3)CCO2)CCOC1. The van der Waals surface area contributed by atoms with E-state index in [1.54, 1.807) is 17.0 Å². The van der Waals surface area contributed by atoms with Crippen molar-refractivity contribution < 1.29 is 24.2 Å². The molecule has 2 amide bonds. The maximum atomic E-state index is 12.5. The van der Waals surface area contributed by atoms with Gasteiger partial charge in [-0.1, -0.05) is 0 Å². The highest BCUT2D eigenvalue weighted by molar-refractivity contribution is 5.94. The lowest BCUT2D eigenvalue weighted by molar-refractivity contribution is -0.131. The van der Waals surface area contributed by atoms with Crippen LogP contribution < -0.4 is 5.32 Å². The molecule has 2 saturated heterocycles. The van der Waals surface area contributed by atoms with Gasteiger partial charge >= 0.3 is 0 Å². The summed E-state index contributed by atoms with van der Waals surface area (Å²) in [4.78, 5) is 26.6. The lowest BCUT2D eigenvalue weighted by Gasteiger charge is -2.33. The lowest BCUT2D eigenvalue weighted by atomic mass is 9.89. The maximum absolute atomic E-state index is 12.5. The standard InChI is InChI=1S/C18H24N2O5/c1-18(6-8-24-12-18)17(23)19-10-15-11-20(7-9-25-15)16(22)13-2-4-14(21)5-3-13/h2-5,15,21H,6-12H2,1H3,(H,19,23). The smallest absolute Gasteiger partial charge is 0.254 e. The fourth-order valence-corrected chi connectivity index (χ4v) is 3.08. The second-order valence-corrected chi connectivity index (χ2v) is 6.86. The molecule has 2 atom stereocenters. The molecular weight excluding hydrogens is 324 g/mol. The van der Waals surface area contributed by atoms with Crippen LogP contribution >= 0.6 is 0 Å². The first-order chi connectivity index (χ1) is 12.0. The third-order valence-electron chi connectivity index (χ3n) is 4.80. The molecule has 0 spiro atoms. The van der Waals surface area contributed by atoms with E-state index < -0.39 is 5.41 Å². The van der Waals surface area contributed by atoms with Gasteiger partial charge in [-0.3, -0.25) is 9.59 Å². The van der Waals surface area contributed by atoms with Crippen LogP contribution in [0.3, 0.4) is 0 Å². The van der Waals surface area contributed by atoms with Crippen LogP contribution in [-0.2, 0) is 14.3 Å². The molecule has 2 aliphatic rings. The first-order valence-electron chi connectivity index (χ1n) is 8.54. The van der Waals surface area contributed by atoms with Crippen molar-refractivity contribution >= 4 is 11.8 Å².